The number of nitrogens with one attached hydrogen (secondary N) is 1. The smallest absolute Gasteiger partial charge is 0.387 e. The Bertz CT molecular complexity index is 730. The topological polar surface area (TPSA) is 54.5 Å². The van der Waals surface area contributed by atoms with E-state index in [9.17, 15) is 13.6 Å². The van der Waals surface area contributed by atoms with Crippen molar-refractivity contribution in [2.75, 3.05) is 23.3 Å². The normalized spacial score (nSPS) is 14.3. The van der Waals surface area contributed by atoms with Gasteiger partial charge < -0.3 is 15.0 Å². The Hall–Kier alpha value is -2.70. The van der Waals surface area contributed by atoms with Gasteiger partial charge in [-0.05, 0) is 55.5 Å². The molecule has 144 valence electrons. The molecule has 0 spiro atoms. The number of amides is 1. The summed E-state index contributed by atoms with van der Waals surface area (Å²) in [4.78, 5) is 18.7. The van der Waals surface area contributed by atoms with Gasteiger partial charge in [0.1, 0.15) is 11.6 Å². The molecule has 0 unspecified atom stereocenters. The van der Waals surface area contributed by atoms with E-state index in [0.29, 0.717) is 12.2 Å². The molecule has 1 saturated heterocycles. The molecule has 1 aliphatic heterocycles. The molecule has 0 saturated carbocycles. The lowest BCUT2D eigenvalue weighted by Gasteiger charge is -2.28. The number of pyridine rings is 1. The van der Waals surface area contributed by atoms with Crippen molar-refractivity contribution in [2.45, 2.75) is 38.7 Å². The molecule has 27 heavy (non-hydrogen) atoms. The molecule has 7 heteroatoms. The summed E-state index contributed by atoms with van der Waals surface area (Å²) >= 11 is 0. The lowest BCUT2D eigenvalue weighted by atomic mass is 10.1. The Balaban J connectivity index is 1.46. The van der Waals surface area contributed by atoms with E-state index in [4.69, 9.17) is 0 Å². The van der Waals surface area contributed by atoms with Crippen LogP contribution >= 0.6 is 0 Å². The summed E-state index contributed by atoms with van der Waals surface area (Å²) in [6.07, 6.45) is 6.27. The fourth-order valence-corrected chi connectivity index (χ4v) is 3.10. The molecule has 0 radical (unpaired) electrons. The summed E-state index contributed by atoms with van der Waals surface area (Å²) < 4.78 is 28.6. The minimum absolute atomic E-state index is 0.108. The SMILES string of the molecule is O=C(CCc1ccc(OC(F)F)cc1)Nc1ccc(N2CCCCC2)cn1. The predicted octanol–water partition coefficient (Wildman–Crippen LogP) is 4.24. The first kappa shape index (κ1) is 19.1. The maximum atomic E-state index is 12.1. The molecule has 3 rings (SSSR count). The van der Waals surface area contributed by atoms with E-state index in [1.54, 1.807) is 18.3 Å². The maximum Gasteiger partial charge on any atom is 0.387 e. The van der Waals surface area contributed by atoms with Crippen LogP contribution in [0.4, 0.5) is 20.3 Å². The predicted molar refractivity (Wildman–Crippen MR) is 100 cm³/mol. The van der Waals surface area contributed by atoms with Gasteiger partial charge in [0.25, 0.3) is 0 Å². The molecule has 0 bridgehead atoms. The minimum atomic E-state index is -2.84. The molecule has 5 nitrogen and oxygen atoms in total. The van der Waals surface area contributed by atoms with Crippen molar-refractivity contribution in [3.8, 4) is 5.75 Å². The van der Waals surface area contributed by atoms with Gasteiger partial charge in [-0.15, -0.1) is 0 Å². The van der Waals surface area contributed by atoms with Crippen molar-refractivity contribution >= 4 is 17.4 Å². The van der Waals surface area contributed by atoms with Crippen molar-refractivity contribution in [1.82, 2.24) is 4.98 Å². The van der Waals surface area contributed by atoms with E-state index in [2.05, 4.69) is 19.9 Å². The molecule has 1 aromatic heterocycles. The maximum absolute atomic E-state index is 12.1. The van der Waals surface area contributed by atoms with Gasteiger partial charge in [-0.1, -0.05) is 12.1 Å². The zero-order valence-corrected chi connectivity index (χ0v) is 15.0. The molecular weight excluding hydrogens is 352 g/mol. The van der Waals surface area contributed by atoms with Crippen LogP contribution in [-0.2, 0) is 11.2 Å². The number of halogens is 2. The number of hydrogen-bond donors (Lipinski definition) is 1. The van der Waals surface area contributed by atoms with E-state index in [-0.39, 0.29) is 18.1 Å². The first-order valence-corrected chi connectivity index (χ1v) is 9.15. The number of aryl methyl sites for hydroxylation is 1. The highest BCUT2D eigenvalue weighted by molar-refractivity contribution is 5.89. The number of benzene rings is 1. The monoisotopic (exact) mass is 375 g/mol. The molecule has 1 aliphatic rings. The van der Waals surface area contributed by atoms with Crippen LogP contribution < -0.4 is 15.0 Å². The highest BCUT2D eigenvalue weighted by Crippen LogP contribution is 2.20. The number of aromatic nitrogens is 1. The molecule has 2 aromatic rings. The fourth-order valence-electron chi connectivity index (χ4n) is 3.10. The number of carbonyl (C=O) groups is 1. The summed E-state index contributed by atoms with van der Waals surface area (Å²) in [5.41, 5.74) is 1.96. The van der Waals surface area contributed by atoms with E-state index >= 15 is 0 Å². The van der Waals surface area contributed by atoms with Crippen molar-refractivity contribution < 1.29 is 18.3 Å². The van der Waals surface area contributed by atoms with E-state index in [1.165, 1.54) is 31.4 Å². The van der Waals surface area contributed by atoms with Gasteiger partial charge in [0.05, 0.1) is 11.9 Å². The summed E-state index contributed by atoms with van der Waals surface area (Å²) in [5.74, 6) is 0.499. The van der Waals surface area contributed by atoms with Crippen LogP contribution in [-0.4, -0.2) is 30.6 Å². The number of rotatable bonds is 7. The average Bonchev–Trinajstić information content (AvgIpc) is 2.68. The largest absolute Gasteiger partial charge is 0.435 e. The molecule has 1 amide bonds. The summed E-state index contributed by atoms with van der Waals surface area (Å²) in [7, 11) is 0. The molecule has 2 heterocycles. The second-order valence-electron chi connectivity index (χ2n) is 6.52. The lowest BCUT2D eigenvalue weighted by molar-refractivity contribution is -0.116. The molecular formula is C20H23F2N3O2. The van der Waals surface area contributed by atoms with Crippen molar-refractivity contribution in [1.29, 1.82) is 0 Å². The average molecular weight is 375 g/mol. The molecule has 1 N–H and O–H groups in total. The fraction of sp³-hybridized carbons (Fsp3) is 0.400. The van der Waals surface area contributed by atoms with Gasteiger partial charge >= 0.3 is 6.61 Å². The standard InChI is InChI=1S/C20H23F2N3O2/c21-20(22)27-17-8-4-15(5-9-17)6-11-19(26)24-18-10-7-16(14-23-18)25-12-2-1-3-13-25/h4-5,7-10,14,20H,1-3,6,11-13H2,(H,23,24,26). The Morgan fingerprint density at radius 3 is 2.48 bits per heavy atom. The van der Waals surface area contributed by atoms with Crippen LogP contribution in [0.1, 0.15) is 31.2 Å². The third kappa shape index (κ3) is 5.91. The molecule has 1 fully saturated rings. The number of anilines is 2. The Labute approximate surface area is 157 Å². The minimum Gasteiger partial charge on any atom is -0.435 e. The van der Waals surface area contributed by atoms with Gasteiger partial charge in [-0.25, -0.2) is 4.98 Å². The van der Waals surface area contributed by atoms with Crippen LogP contribution in [0, 0.1) is 0 Å². The van der Waals surface area contributed by atoms with Crippen LogP contribution in [0.15, 0.2) is 42.6 Å². The van der Waals surface area contributed by atoms with E-state index in [1.807, 2.05) is 12.1 Å². The van der Waals surface area contributed by atoms with Gasteiger partial charge in [0.15, 0.2) is 0 Å². The Morgan fingerprint density at radius 2 is 1.85 bits per heavy atom. The summed E-state index contributed by atoms with van der Waals surface area (Å²) in [6.45, 7) is -0.737. The zero-order valence-electron chi connectivity index (χ0n) is 15.0. The number of nitrogens with zero attached hydrogens (tertiary/aromatic N) is 2. The van der Waals surface area contributed by atoms with Crippen LogP contribution in [0.3, 0.4) is 0 Å². The summed E-state index contributed by atoms with van der Waals surface area (Å²) in [5, 5.41) is 2.79. The third-order valence-corrected chi connectivity index (χ3v) is 4.53. The van der Waals surface area contributed by atoms with Crippen molar-refractivity contribution in [3.05, 3.63) is 48.2 Å². The second-order valence-corrected chi connectivity index (χ2v) is 6.52. The number of piperidine rings is 1. The quantitative estimate of drug-likeness (QED) is 0.786. The van der Waals surface area contributed by atoms with Gasteiger partial charge in [0.2, 0.25) is 5.91 Å². The first-order valence-electron chi connectivity index (χ1n) is 9.15. The second kappa shape index (κ2) is 9.30. The van der Waals surface area contributed by atoms with Crippen LogP contribution in [0.5, 0.6) is 5.75 Å². The van der Waals surface area contributed by atoms with E-state index in [0.717, 1.165) is 24.3 Å². The van der Waals surface area contributed by atoms with Crippen LogP contribution in [0.2, 0.25) is 0 Å². The lowest BCUT2D eigenvalue weighted by Crippen LogP contribution is -2.29. The molecule has 1 aromatic carbocycles. The number of hydrogen-bond acceptors (Lipinski definition) is 4. The van der Waals surface area contributed by atoms with Crippen LogP contribution in [0.25, 0.3) is 0 Å². The summed E-state index contributed by atoms with van der Waals surface area (Å²) in [6, 6.07) is 10.1. The Kier molecular flexibility index (Phi) is 6.57. The molecule has 0 atom stereocenters. The van der Waals surface area contributed by atoms with Crippen molar-refractivity contribution in [3.63, 3.8) is 0 Å². The number of alkyl halides is 2. The first-order chi connectivity index (χ1) is 13.1. The van der Waals surface area contributed by atoms with Gasteiger partial charge in [0, 0.05) is 19.5 Å². The third-order valence-electron chi connectivity index (χ3n) is 4.53. The van der Waals surface area contributed by atoms with Crippen molar-refractivity contribution in [2.24, 2.45) is 0 Å². The number of ether oxygens (including phenoxy) is 1. The Morgan fingerprint density at radius 1 is 1.11 bits per heavy atom. The van der Waals surface area contributed by atoms with E-state index < -0.39 is 6.61 Å². The molecule has 0 aliphatic carbocycles. The van der Waals surface area contributed by atoms with Gasteiger partial charge in [-0.3, -0.25) is 4.79 Å². The highest BCUT2D eigenvalue weighted by Gasteiger charge is 2.11. The number of carbonyl (C=O) groups excluding carboxylic acids is 1. The highest BCUT2D eigenvalue weighted by atomic mass is 19.3. The zero-order chi connectivity index (χ0) is 19.1. The van der Waals surface area contributed by atoms with Gasteiger partial charge in [-0.2, -0.15) is 8.78 Å².